The Bertz CT molecular complexity index is 917. The molecule has 0 N–H and O–H groups in total. The zero-order valence-corrected chi connectivity index (χ0v) is 15.4. The van der Waals surface area contributed by atoms with Crippen molar-refractivity contribution in [3.63, 3.8) is 0 Å². The number of ether oxygens (including phenoxy) is 4. The average Bonchev–Trinajstić information content (AvgIpc) is 2.73. The van der Waals surface area contributed by atoms with Crippen molar-refractivity contribution in [2.45, 2.75) is 0 Å². The second kappa shape index (κ2) is 8.27. The molecule has 0 aliphatic heterocycles. The molecule has 27 heavy (non-hydrogen) atoms. The second-order valence-corrected chi connectivity index (χ2v) is 5.69. The van der Waals surface area contributed by atoms with E-state index in [-0.39, 0.29) is 5.56 Å². The summed E-state index contributed by atoms with van der Waals surface area (Å²) in [5, 5.41) is 0. The first-order chi connectivity index (χ1) is 13.2. The van der Waals surface area contributed by atoms with E-state index in [0.29, 0.717) is 23.0 Å². The van der Waals surface area contributed by atoms with Crippen molar-refractivity contribution in [3.8, 4) is 34.1 Å². The molecule has 0 aliphatic carbocycles. The van der Waals surface area contributed by atoms with Crippen molar-refractivity contribution in [3.05, 3.63) is 72.3 Å². The third-order valence-corrected chi connectivity index (χ3v) is 4.10. The fourth-order valence-corrected chi connectivity index (χ4v) is 2.70. The lowest BCUT2D eigenvalue weighted by atomic mass is 10.1. The van der Waals surface area contributed by atoms with Gasteiger partial charge in [-0.1, -0.05) is 42.5 Å². The van der Waals surface area contributed by atoms with E-state index in [1.54, 1.807) is 24.3 Å². The van der Waals surface area contributed by atoms with Gasteiger partial charge in [-0.3, -0.25) is 0 Å². The lowest BCUT2D eigenvalue weighted by molar-refractivity contribution is 0.0731. The smallest absolute Gasteiger partial charge is 0.347 e. The summed E-state index contributed by atoms with van der Waals surface area (Å²) in [4.78, 5) is 12.6. The van der Waals surface area contributed by atoms with E-state index in [0.717, 1.165) is 11.1 Å². The molecule has 0 heterocycles. The lowest BCUT2D eigenvalue weighted by Gasteiger charge is -2.13. The largest absolute Gasteiger partial charge is 0.496 e. The van der Waals surface area contributed by atoms with E-state index in [4.69, 9.17) is 18.9 Å². The summed E-state index contributed by atoms with van der Waals surface area (Å²) < 4.78 is 21.3. The van der Waals surface area contributed by atoms with Gasteiger partial charge in [0.25, 0.3) is 0 Å². The fourth-order valence-electron chi connectivity index (χ4n) is 2.70. The molecule has 0 atom stereocenters. The molecule has 3 aromatic carbocycles. The van der Waals surface area contributed by atoms with Crippen LogP contribution < -0.4 is 18.9 Å². The molecular weight excluding hydrogens is 344 g/mol. The molecule has 138 valence electrons. The van der Waals surface area contributed by atoms with Gasteiger partial charge < -0.3 is 18.9 Å². The molecule has 0 unspecified atom stereocenters. The predicted molar refractivity (Wildman–Crippen MR) is 103 cm³/mol. The third-order valence-electron chi connectivity index (χ3n) is 4.10. The van der Waals surface area contributed by atoms with Crippen molar-refractivity contribution in [1.29, 1.82) is 0 Å². The number of benzene rings is 3. The predicted octanol–water partition coefficient (Wildman–Crippen LogP) is 4.60. The molecule has 5 nitrogen and oxygen atoms in total. The number of carbonyl (C=O) groups is 1. The van der Waals surface area contributed by atoms with Gasteiger partial charge >= 0.3 is 5.97 Å². The van der Waals surface area contributed by atoms with Crippen LogP contribution in [0.15, 0.2) is 66.7 Å². The van der Waals surface area contributed by atoms with Crippen LogP contribution in [-0.4, -0.2) is 27.3 Å². The Labute approximate surface area is 158 Å². The molecule has 0 bridgehead atoms. The van der Waals surface area contributed by atoms with Gasteiger partial charge in [-0.25, -0.2) is 4.79 Å². The highest BCUT2D eigenvalue weighted by molar-refractivity contribution is 5.95. The quantitative estimate of drug-likeness (QED) is 0.473. The molecule has 0 aromatic heterocycles. The summed E-state index contributed by atoms with van der Waals surface area (Å²) in [5.74, 6) is 1.14. The maximum atomic E-state index is 12.6. The van der Waals surface area contributed by atoms with Crippen LogP contribution in [0.4, 0.5) is 0 Å². The maximum absolute atomic E-state index is 12.6. The van der Waals surface area contributed by atoms with Crippen LogP contribution in [0.25, 0.3) is 11.1 Å². The lowest BCUT2D eigenvalue weighted by Crippen LogP contribution is -2.11. The molecule has 0 spiro atoms. The molecule has 0 amide bonds. The second-order valence-electron chi connectivity index (χ2n) is 5.69. The highest BCUT2D eigenvalue weighted by atomic mass is 16.5. The van der Waals surface area contributed by atoms with E-state index in [9.17, 15) is 4.79 Å². The minimum atomic E-state index is -0.541. The summed E-state index contributed by atoms with van der Waals surface area (Å²) in [7, 11) is 4.50. The Morgan fingerprint density at radius 1 is 0.667 bits per heavy atom. The van der Waals surface area contributed by atoms with E-state index in [1.807, 2.05) is 42.5 Å². The molecule has 0 aliphatic rings. The van der Waals surface area contributed by atoms with Crippen LogP contribution in [0.1, 0.15) is 10.4 Å². The maximum Gasteiger partial charge on any atom is 0.347 e. The molecule has 3 aromatic rings. The number of esters is 1. The van der Waals surface area contributed by atoms with E-state index < -0.39 is 5.97 Å². The van der Waals surface area contributed by atoms with Crippen LogP contribution >= 0.6 is 0 Å². The van der Waals surface area contributed by atoms with E-state index in [2.05, 4.69) is 0 Å². The van der Waals surface area contributed by atoms with E-state index >= 15 is 0 Å². The highest BCUT2D eigenvalue weighted by Gasteiger charge is 2.19. The molecule has 3 rings (SSSR count). The highest BCUT2D eigenvalue weighted by Crippen LogP contribution is 2.35. The minimum absolute atomic E-state index is 0.252. The SMILES string of the molecule is COc1cc(OC)c(C(=O)Oc2ccc(-c3ccccc3)cc2)cc1OC. The Morgan fingerprint density at radius 2 is 1.22 bits per heavy atom. The molecular formula is C22H20O5. The zero-order chi connectivity index (χ0) is 19.2. The average molecular weight is 364 g/mol. The number of carbonyl (C=O) groups excluding carboxylic acids is 1. The van der Waals surface area contributed by atoms with Crippen molar-refractivity contribution in [2.75, 3.05) is 21.3 Å². The summed E-state index contributed by atoms with van der Waals surface area (Å²) >= 11 is 0. The topological polar surface area (TPSA) is 54.0 Å². The summed E-state index contributed by atoms with van der Waals surface area (Å²) in [6, 6.07) is 20.4. The van der Waals surface area contributed by atoms with Gasteiger partial charge in [-0.05, 0) is 23.3 Å². The number of methoxy groups -OCH3 is 3. The van der Waals surface area contributed by atoms with Crippen LogP contribution in [0.2, 0.25) is 0 Å². The van der Waals surface area contributed by atoms with Gasteiger partial charge in [0.05, 0.1) is 21.3 Å². The molecule has 0 fully saturated rings. The van der Waals surface area contributed by atoms with Crippen molar-refractivity contribution >= 4 is 5.97 Å². The molecule has 0 radical (unpaired) electrons. The van der Waals surface area contributed by atoms with Crippen LogP contribution in [0, 0.1) is 0 Å². The first-order valence-corrected chi connectivity index (χ1v) is 8.34. The van der Waals surface area contributed by atoms with Crippen molar-refractivity contribution in [1.82, 2.24) is 0 Å². The van der Waals surface area contributed by atoms with Crippen molar-refractivity contribution < 1.29 is 23.7 Å². The zero-order valence-electron chi connectivity index (χ0n) is 15.4. The Morgan fingerprint density at radius 3 is 1.81 bits per heavy atom. The Hall–Kier alpha value is -3.47. The summed E-state index contributed by atoms with van der Waals surface area (Å²) in [5.41, 5.74) is 2.39. The van der Waals surface area contributed by atoms with Crippen molar-refractivity contribution in [2.24, 2.45) is 0 Å². The number of hydrogen-bond acceptors (Lipinski definition) is 5. The number of rotatable bonds is 6. The van der Waals surface area contributed by atoms with Gasteiger partial charge in [0.15, 0.2) is 11.5 Å². The monoisotopic (exact) mass is 364 g/mol. The molecule has 0 saturated heterocycles. The van der Waals surface area contributed by atoms with Gasteiger partial charge in [0.1, 0.15) is 17.1 Å². The normalized spacial score (nSPS) is 10.2. The Balaban J connectivity index is 1.83. The van der Waals surface area contributed by atoms with Gasteiger partial charge in [-0.15, -0.1) is 0 Å². The van der Waals surface area contributed by atoms with Crippen LogP contribution in [0.3, 0.4) is 0 Å². The minimum Gasteiger partial charge on any atom is -0.496 e. The van der Waals surface area contributed by atoms with Gasteiger partial charge in [0, 0.05) is 12.1 Å². The van der Waals surface area contributed by atoms with Gasteiger partial charge in [-0.2, -0.15) is 0 Å². The first-order valence-electron chi connectivity index (χ1n) is 8.34. The van der Waals surface area contributed by atoms with Gasteiger partial charge in [0.2, 0.25) is 0 Å². The van der Waals surface area contributed by atoms with E-state index in [1.165, 1.54) is 21.3 Å². The number of hydrogen-bond donors (Lipinski definition) is 0. The first kappa shape index (κ1) is 18.3. The van der Waals surface area contributed by atoms with Crippen LogP contribution in [0.5, 0.6) is 23.0 Å². The summed E-state index contributed by atoms with van der Waals surface area (Å²) in [6.45, 7) is 0. The fraction of sp³-hybridized carbons (Fsp3) is 0.136. The molecule has 5 heteroatoms. The van der Waals surface area contributed by atoms with Crippen LogP contribution in [-0.2, 0) is 0 Å². The molecule has 0 saturated carbocycles. The standard InChI is InChI=1S/C22H20O5/c1-24-19-14-21(26-3)20(25-2)13-18(19)22(23)27-17-11-9-16(10-12-17)15-7-5-4-6-8-15/h4-14H,1-3H3. The Kier molecular flexibility index (Phi) is 5.61. The third kappa shape index (κ3) is 4.03. The summed E-state index contributed by atoms with van der Waals surface area (Å²) in [6.07, 6.45) is 0.